The molecule has 0 spiro atoms. The van der Waals surface area contributed by atoms with Crippen LogP contribution in [0.1, 0.15) is 27.6 Å². The number of thiophene rings is 2. The number of hydrogen-bond acceptors (Lipinski definition) is 3. The normalized spacial score (nSPS) is 12.9. The quantitative estimate of drug-likeness (QED) is 0.873. The molecule has 0 aliphatic carbocycles. The van der Waals surface area contributed by atoms with Crippen molar-refractivity contribution in [2.75, 3.05) is 7.05 Å². The molecule has 1 unspecified atom stereocenters. The van der Waals surface area contributed by atoms with Crippen LogP contribution in [-0.2, 0) is 6.42 Å². The Bertz CT molecular complexity index is 461. The fourth-order valence-corrected chi connectivity index (χ4v) is 3.99. The minimum atomic E-state index is 0.280. The molecule has 1 nitrogen and oxygen atoms in total. The minimum Gasteiger partial charge on any atom is -0.308 e. The first-order valence-corrected chi connectivity index (χ1v) is 7.26. The van der Waals surface area contributed by atoms with Crippen molar-refractivity contribution in [3.8, 4) is 0 Å². The van der Waals surface area contributed by atoms with E-state index >= 15 is 0 Å². The summed E-state index contributed by atoms with van der Waals surface area (Å²) in [6, 6.07) is 8.75. The Kier molecular flexibility index (Phi) is 4.03. The van der Waals surface area contributed by atoms with Gasteiger partial charge in [-0.2, -0.15) is 0 Å². The van der Waals surface area contributed by atoms with E-state index in [9.17, 15) is 0 Å². The summed E-state index contributed by atoms with van der Waals surface area (Å²) in [4.78, 5) is 4.06. The van der Waals surface area contributed by atoms with Gasteiger partial charge in [0.05, 0.1) is 10.4 Å². The smallest absolute Gasteiger partial charge is 0.0931 e. The molecule has 0 radical (unpaired) electrons. The Hall–Kier alpha value is -0.350. The number of hydrogen-bond donors (Lipinski definition) is 1. The van der Waals surface area contributed by atoms with Crippen molar-refractivity contribution in [2.45, 2.75) is 19.4 Å². The third-order valence-electron chi connectivity index (χ3n) is 2.48. The van der Waals surface area contributed by atoms with E-state index in [2.05, 4.69) is 30.4 Å². The molecule has 1 atom stereocenters. The molecule has 0 saturated carbocycles. The van der Waals surface area contributed by atoms with Crippen molar-refractivity contribution in [1.29, 1.82) is 0 Å². The predicted molar refractivity (Wildman–Crippen MR) is 73.9 cm³/mol. The summed E-state index contributed by atoms with van der Waals surface area (Å²) in [5.74, 6) is 0. The zero-order valence-corrected chi connectivity index (χ0v) is 11.7. The molecule has 0 aliphatic rings. The van der Waals surface area contributed by atoms with Gasteiger partial charge in [-0.1, -0.05) is 18.5 Å². The number of aryl methyl sites for hydroxylation is 1. The van der Waals surface area contributed by atoms with E-state index in [-0.39, 0.29) is 6.04 Å². The second-order valence-corrected chi connectivity index (χ2v) is 6.47. The van der Waals surface area contributed by atoms with Gasteiger partial charge < -0.3 is 5.32 Å². The Morgan fingerprint density at radius 2 is 1.88 bits per heavy atom. The molecule has 2 aromatic rings. The van der Waals surface area contributed by atoms with Crippen molar-refractivity contribution in [3.05, 3.63) is 43.2 Å². The minimum absolute atomic E-state index is 0.280. The average Bonchev–Trinajstić information content (AvgIpc) is 2.89. The van der Waals surface area contributed by atoms with Crippen LogP contribution < -0.4 is 5.32 Å². The lowest BCUT2D eigenvalue weighted by atomic mass is 10.2. The van der Waals surface area contributed by atoms with Gasteiger partial charge in [-0.05, 0) is 37.7 Å². The van der Waals surface area contributed by atoms with E-state index in [4.69, 9.17) is 11.6 Å². The maximum absolute atomic E-state index is 5.98. The second kappa shape index (κ2) is 5.32. The summed E-state index contributed by atoms with van der Waals surface area (Å²) in [6.07, 6.45) is 1.10. The first kappa shape index (κ1) is 12.1. The molecule has 2 rings (SSSR count). The number of halogens is 1. The summed E-state index contributed by atoms with van der Waals surface area (Å²) >= 11 is 9.49. The predicted octanol–water partition coefficient (Wildman–Crippen LogP) is 4.33. The molecule has 0 saturated heterocycles. The third kappa shape index (κ3) is 2.48. The van der Waals surface area contributed by atoms with E-state index in [1.807, 2.05) is 24.5 Å². The van der Waals surface area contributed by atoms with E-state index < -0.39 is 0 Å². The molecule has 0 bridgehead atoms. The standard InChI is InChI=1S/C12H14ClNS2/c1-3-8-4-5-9(15-8)12(14-2)10-6-7-11(13)16-10/h4-7,12,14H,3H2,1-2H3. The lowest BCUT2D eigenvalue weighted by Crippen LogP contribution is -2.14. The van der Waals surface area contributed by atoms with Crippen molar-refractivity contribution >= 4 is 34.3 Å². The molecule has 0 aliphatic heterocycles. The summed E-state index contributed by atoms with van der Waals surface area (Å²) < 4.78 is 0.850. The van der Waals surface area contributed by atoms with Crippen LogP contribution >= 0.6 is 34.3 Å². The van der Waals surface area contributed by atoms with Gasteiger partial charge in [-0.3, -0.25) is 0 Å². The fraction of sp³-hybridized carbons (Fsp3) is 0.333. The van der Waals surface area contributed by atoms with Gasteiger partial charge in [0.2, 0.25) is 0 Å². The van der Waals surface area contributed by atoms with E-state index in [1.54, 1.807) is 11.3 Å². The first-order chi connectivity index (χ1) is 7.74. The summed E-state index contributed by atoms with van der Waals surface area (Å²) in [6.45, 7) is 2.19. The number of nitrogens with one attached hydrogen (secondary N) is 1. The molecular formula is C12H14ClNS2. The Labute approximate surface area is 109 Å². The van der Waals surface area contributed by atoms with Crippen LogP contribution in [0.25, 0.3) is 0 Å². The molecule has 2 aromatic heterocycles. The van der Waals surface area contributed by atoms with Gasteiger partial charge in [0.1, 0.15) is 0 Å². The summed E-state index contributed by atoms with van der Waals surface area (Å²) in [5.41, 5.74) is 0. The maximum atomic E-state index is 5.98. The van der Waals surface area contributed by atoms with Crippen LogP contribution in [0.3, 0.4) is 0 Å². The maximum Gasteiger partial charge on any atom is 0.0931 e. The van der Waals surface area contributed by atoms with Crippen LogP contribution in [0, 0.1) is 0 Å². The summed E-state index contributed by atoms with van der Waals surface area (Å²) in [7, 11) is 1.99. The summed E-state index contributed by atoms with van der Waals surface area (Å²) in [5, 5.41) is 3.35. The highest BCUT2D eigenvalue weighted by atomic mass is 35.5. The SMILES string of the molecule is CCc1ccc(C(NC)c2ccc(Cl)s2)s1. The molecule has 1 N–H and O–H groups in total. The van der Waals surface area contributed by atoms with Gasteiger partial charge in [-0.15, -0.1) is 22.7 Å². The molecular weight excluding hydrogens is 258 g/mol. The zero-order chi connectivity index (χ0) is 11.5. The lowest BCUT2D eigenvalue weighted by molar-refractivity contribution is 0.716. The van der Waals surface area contributed by atoms with Gasteiger partial charge in [0, 0.05) is 14.6 Å². The second-order valence-electron chi connectivity index (χ2n) is 3.52. The van der Waals surface area contributed by atoms with Crippen molar-refractivity contribution in [3.63, 3.8) is 0 Å². The topological polar surface area (TPSA) is 12.0 Å². The van der Waals surface area contributed by atoms with Crippen LogP contribution in [0.15, 0.2) is 24.3 Å². The average molecular weight is 272 g/mol. The highest BCUT2D eigenvalue weighted by Gasteiger charge is 2.15. The molecule has 4 heteroatoms. The highest BCUT2D eigenvalue weighted by Crippen LogP contribution is 2.34. The largest absolute Gasteiger partial charge is 0.308 e. The van der Waals surface area contributed by atoms with Gasteiger partial charge in [0.25, 0.3) is 0 Å². The highest BCUT2D eigenvalue weighted by molar-refractivity contribution is 7.16. The van der Waals surface area contributed by atoms with Gasteiger partial charge in [0.15, 0.2) is 0 Å². The Balaban J connectivity index is 2.28. The van der Waals surface area contributed by atoms with Crippen LogP contribution in [0.2, 0.25) is 4.34 Å². The Morgan fingerprint density at radius 3 is 2.38 bits per heavy atom. The fourth-order valence-electron chi connectivity index (χ4n) is 1.65. The Morgan fingerprint density at radius 1 is 1.19 bits per heavy atom. The lowest BCUT2D eigenvalue weighted by Gasteiger charge is -2.12. The van der Waals surface area contributed by atoms with Crippen molar-refractivity contribution in [1.82, 2.24) is 5.32 Å². The third-order valence-corrected chi connectivity index (χ3v) is 5.07. The van der Waals surface area contributed by atoms with Crippen molar-refractivity contribution in [2.24, 2.45) is 0 Å². The van der Waals surface area contributed by atoms with Crippen molar-refractivity contribution < 1.29 is 0 Å². The first-order valence-electron chi connectivity index (χ1n) is 5.25. The molecule has 16 heavy (non-hydrogen) atoms. The molecule has 86 valence electrons. The van der Waals surface area contributed by atoms with Crippen LogP contribution in [0.5, 0.6) is 0 Å². The molecule has 0 aromatic carbocycles. The molecule has 0 fully saturated rings. The molecule has 2 heterocycles. The van der Waals surface area contributed by atoms with E-state index in [1.165, 1.54) is 14.6 Å². The van der Waals surface area contributed by atoms with E-state index in [0.29, 0.717) is 0 Å². The van der Waals surface area contributed by atoms with Gasteiger partial charge >= 0.3 is 0 Å². The van der Waals surface area contributed by atoms with E-state index in [0.717, 1.165) is 10.8 Å². The van der Waals surface area contributed by atoms with Gasteiger partial charge in [-0.25, -0.2) is 0 Å². The van der Waals surface area contributed by atoms with Crippen LogP contribution in [0.4, 0.5) is 0 Å². The molecule has 0 amide bonds. The zero-order valence-electron chi connectivity index (χ0n) is 9.29. The van der Waals surface area contributed by atoms with Crippen LogP contribution in [-0.4, -0.2) is 7.05 Å². The number of rotatable bonds is 4. The monoisotopic (exact) mass is 271 g/mol.